The maximum Gasteiger partial charge on any atom is 0.342 e. The molecule has 4 rings (SSSR count). The summed E-state index contributed by atoms with van der Waals surface area (Å²) in [4.78, 5) is 26.5. The zero-order chi connectivity index (χ0) is 14.6. The second-order valence-electron chi connectivity index (χ2n) is 6.28. The van der Waals surface area contributed by atoms with E-state index in [1.807, 2.05) is 0 Å². The van der Waals surface area contributed by atoms with Crippen molar-refractivity contribution in [1.82, 2.24) is 0 Å². The fraction of sp³-hybridized carbons (Fsp3) is 0.500. The van der Waals surface area contributed by atoms with E-state index < -0.39 is 6.23 Å². The summed E-state index contributed by atoms with van der Waals surface area (Å²) in [7, 11) is 0. The standard InChI is InChI=1S/C16H16ClNO3/c17-10-4-5-11-12(8-10)18-13(19)9-16(6-2-1-3-7-16)15(18)21-14(11)20/h4-5,8,15H,1-3,6-7,9H2/t15-/m0/s1. The third-order valence-corrected chi connectivity index (χ3v) is 5.27. The van der Waals surface area contributed by atoms with Crippen molar-refractivity contribution in [2.24, 2.45) is 5.41 Å². The number of anilines is 1. The van der Waals surface area contributed by atoms with Crippen LogP contribution in [-0.2, 0) is 9.53 Å². The Balaban J connectivity index is 1.83. The lowest BCUT2D eigenvalue weighted by molar-refractivity contribution is -0.118. The van der Waals surface area contributed by atoms with Crippen LogP contribution in [0.25, 0.3) is 0 Å². The molecule has 1 amide bonds. The second kappa shape index (κ2) is 4.47. The van der Waals surface area contributed by atoms with E-state index >= 15 is 0 Å². The molecule has 4 nitrogen and oxygen atoms in total. The highest BCUT2D eigenvalue weighted by Crippen LogP contribution is 2.52. The van der Waals surface area contributed by atoms with E-state index in [2.05, 4.69) is 0 Å². The van der Waals surface area contributed by atoms with Crippen molar-refractivity contribution in [3.05, 3.63) is 28.8 Å². The van der Waals surface area contributed by atoms with Crippen molar-refractivity contribution in [2.45, 2.75) is 44.8 Å². The summed E-state index contributed by atoms with van der Waals surface area (Å²) in [6.07, 6.45) is 5.29. The third kappa shape index (κ3) is 1.81. The van der Waals surface area contributed by atoms with Gasteiger partial charge in [-0.25, -0.2) is 4.79 Å². The summed E-state index contributed by atoms with van der Waals surface area (Å²) in [5.41, 5.74) is 0.832. The molecule has 2 heterocycles. The van der Waals surface area contributed by atoms with Crippen LogP contribution < -0.4 is 4.90 Å². The predicted octanol–water partition coefficient (Wildman–Crippen LogP) is 3.52. The van der Waals surface area contributed by atoms with Crippen LogP contribution in [-0.4, -0.2) is 18.1 Å². The molecule has 3 aliphatic rings. The van der Waals surface area contributed by atoms with Gasteiger partial charge in [-0.3, -0.25) is 9.69 Å². The second-order valence-corrected chi connectivity index (χ2v) is 6.72. The molecule has 1 saturated heterocycles. The molecule has 0 aromatic heterocycles. The molecule has 5 heteroatoms. The molecule has 2 fully saturated rings. The Morgan fingerprint density at radius 2 is 1.95 bits per heavy atom. The SMILES string of the molecule is O=C1O[C@@H]2N(C(=O)CC23CCCCC3)c2cc(Cl)ccc21. The summed E-state index contributed by atoms with van der Waals surface area (Å²) < 4.78 is 5.66. The van der Waals surface area contributed by atoms with Crippen LogP contribution in [0.15, 0.2) is 18.2 Å². The van der Waals surface area contributed by atoms with Gasteiger partial charge in [0.15, 0.2) is 6.23 Å². The number of amides is 1. The van der Waals surface area contributed by atoms with Gasteiger partial charge in [0, 0.05) is 16.9 Å². The van der Waals surface area contributed by atoms with Crippen LogP contribution >= 0.6 is 11.6 Å². The van der Waals surface area contributed by atoms with E-state index in [1.165, 1.54) is 6.42 Å². The smallest absolute Gasteiger partial charge is 0.342 e. The molecule has 21 heavy (non-hydrogen) atoms. The summed E-state index contributed by atoms with van der Waals surface area (Å²) >= 11 is 6.05. The minimum atomic E-state index is -0.455. The van der Waals surface area contributed by atoms with E-state index in [0.717, 1.165) is 25.7 Å². The molecule has 0 unspecified atom stereocenters. The average Bonchev–Trinajstić information content (AvgIpc) is 2.72. The summed E-state index contributed by atoms with van der Waals surface area (Å²) in [6, 6.07) is 4.98. The normalized spacial score (nSPS) is 26.5. The Bertz CT molecular complexity index is 636. The van der Waals surface area contributed by atoms with E-state index in [4.69, 9.17) is 16.3 Å². The molecule has 110 valence electrons. The lowest BCUT2D eigenvalue weighted by Crippen LogP contribution is -2.48. The van der Waals surface area contributed by atoms with Crippen molar-refractivity contribution in [2.75, 3.05) is 4.90 Å². The van der Waals surface area contributed by atoms with E-state index in [-0.39, 0.29) is 17.3 Å². The Morgan fingerprint density at radius 1 is 1.19 bits per heavy atom. The highest BCUT2D eigenvalue weighted by atomic mass is 35.5. The fourth-order valence-electron chi connectivity index (χ4n) is 4.04. The Hall–Kier alpha value is -1.55. The van der Waals surface area contributed by atoms with E-state index in [0.29, 0.717) is 22.7 Å². The molecule has 0 radical (unpaired) electrons. The third-order valence-electron chi connectivity index (χ3n) is 5.04. The monoisotopic (exact) mass is 305 g/mol. The van der Waals surface area contributed by atoms with Crippen molar-refractivity contribution < 1.29 is 14.3 Å². The van der Waals surface area contributed by atoms with Crippen molar-refractivity contribution in [1.29, 1.82) is 0 Å². The molecular weight excluding hydrogens is 290 g/mol. The highest BCUT2D eigenvalue weighted by molar-refractivity contribution is 6.31. The number of hydrogen-bond donors (Lipinski definition) is 0. The van der Waals surface area contributed by atoms with Gasteiger partial charge in [0.25, 0.3) is 0 Å². The fourth-order valence-corrected chi connectivity index (χ4v) is 4.20. The van der Waals surface area contributed by atoms with Gasteiger partial charge < -0.3 is 4.74 Å². The zero-order valence-electron chi connectivity index (χ0n) is 11.6. The maximum atomic E-state index is 12.6. The largest absolute Gasteiger partial charge is 0.437 e. The first-order chi connectivity index (χ1) is 10.1. The Kier molecular flexibility index (Phi) is 2.80. The number of ether oxygens (including phenoxy) is 1. The minimum absolute atomic E-state index is 0.0397. The lowest BCUT2D eigenvalue weighted by Gasteiger charge is -2.41. The first kappa shape index (κ1) is 13.1. The molecular formula is C16H16ClNO3. The van der Waals surface area contributed by atoms with Gasteiger partial charge in [0.1, 0.15) is 0 Å². The van der Waals surface area contributed by atoms with Gasteiger partial charge in [-0.15, -0.1) is 0 Å². The number of carbonyl (C=O) groups excluding carboxylic acids is 2. The van der Waals surface area contributed by atoms with E-state index in [9.17, 15) is 9.59 Å². The molecule has 1 aliphatic carbocycles. The van der Waals surface area contributed by atoms with Gasteiger partial charge in [0.05, 0.1) is 11.3 Å². The summed E-state index contributed by atoms with van der Waals surface area (Å²) in [6.45, 7) is 0. The molecule has 0 bridgehead atoms. The van der Waals surface area contributed by atoms with Crippen LogP contribution in [0, 0.1) is 5.41 Å². The molecule has 0 N–H and O–H groups in total. The minimum Gasteiger partial charge on any atom is -0.437 e. The number of carbonyl (C=O) groups is 2. The number of fused-ring (bicyclic) bond motifs is 4. The number of benzene rings is 1. The number of rotatable bonds is 0. The predicted molar refractivity (Wildman–Crippen MR) is 78.3 cm³/mol. The Morgan fingerprint density at radius 3 is 2.71 bits per heavy atom. The van der Waals surface area contributed by atoms with Crippen LogP contribution in [0.3, 0.4) is 0 Å². The molecule has 1 aromatic carbocycles. The van der Waals surface area contributed by atoms with Crippen molar-refractivity contribution in [3.63, 3.8) is 0 Å². The maximum absolute atomic E-state index is 12.6. The van der Waals surface area contributed by atoms with Gasteiger partial charge in [0.2, 0.25) is 5.91 Å². The van der Waals surface area contributed by atoms with Crippen molar-refractivity contribution >= 4 is 29.2 Å². The van der Waals surface area contributed by atoms with Crippen molar-refractivity contribution in [3.8, 4) is 0 Å². The van der Waals surface area contributed by atoms with Crippen LogP contribution in [0.4, 0.5) is 5.69 Å². The van der Waals surface area contributed by atoms with Gasteiger partial charge in [-0.1, -0.05) is 30.9 Å². The highest BCUT2D eigenvalue weighted by Gasteiger charge is 2.56. The first-order valence-corrected chi connectivity index (χ1v) is 7.81. The zero-order valence-corrected chi connectivity index (χ0v) is 12.4. The lowest BCUT2D eigenvalue weighted by atomic mass is 9.72. The van der Waals surface area contributed by atoms with Gasteiger partial charge >= 0.3 is 5.97 Å². The molecule has 2 aliphatic heterocycles. The van der Waals surface area contributed by atoms with E-state index in [1.54, 1.807) is 23.1 Å². The summed E-state index contributed by atoms with van der Waals surface area (Å²) in [5, 5.41) is 0.527. The number of hydrogen-bond acceptors (Lipinski definition) is 3. The van der Waals surface area contributed by atoms with Gasteiger partial charge in [-0.2, -0.15) is 0 Å². The number of halogens is 1. The average molecular weight is 306 g/mol. The first-order valence-electron chi connectivity index (χ1n) is 7.43. The molecule has 1 saturated carbocycles. The Labute approximate surface area is 128 Å². The molecule has 1 atom stereocenters. The van der Waals surface area contributed by atoms with Crippen LogP contribution in [0.5, 0.6) is 0 Å². The van der Waals surface area contributed by atoms with Crippen LogP contribution in [0.1, 0.15) is 48.9 Å². The molecule has 1 aromatic rings. The summed E-state index contributed by atoms with van der Waals surface area (Å²) in [5.74, 6) is -0.305. The quantitative estimate of drug-likeness (QED) is 0.689. The number of esters is 1. The van der Waals surface area contributed by atoms with Crippen LogP contribution in [0.2, 0.25) is 5.02 Å². The number of nitrogens with zero attached hydrogens (tertiary/aromatic N) is 1. The van der Waals surface area contributed by atoms with Gasteiger partial charge in [-0.05, 0) is 31.0 Å². The topological polar surface area (TPSA) is 46.6 Å². The molecule has 1 spiro atoms.